The quantitative estimate of drug-likeness (QED) is 0.879. The molecule has 0 spiro atoms. The van der Waals surface area contributed by atoms with E-state index in [4.69, 9.17) is 0 Å². The van der Waals surface area contributed by atoms with Gasteiger partial charge in [-0.3, -0.25) is 0 Å². The van der Waals surface area contributed by atoms with E-state index in [0.29, 0.717) is 5.37 Å². The van der Waals surface area contributed by atoms with E-state index < -0.39 is 0 Å². The van der Waals surface area contributed by atoms with Crippen molar-refractivity contribution in [2.24, 2.45) is 0 Å². The topological polar surface area (TPSA) is 25.2 Å². The second-order valence-corrected chi connectivity index (χ2v) is 5.42. The molecule has 0 aliphatic carbocycles. The summed E-state index contributed by atoms with van der Waals surface area (Å²) in [6.07, 6.45) is 0. The number of hydrogen-bond donors (Lipinski definition) is 1. The average molecular weight is 245 g/mol. The lowest BCUT2D eigenvalue weighted by Gasteiger charge is -2.15. The van der Waals surface area contributed by atoms with Crippen molar-refractivity contribution in [1.82, 2.24) is 4.57 Å². The standard InChI is InChI=1S/C14H15NOS/c1-10-12(8-16)7-13-9-17-14(15(10)13)11-5-3-2-4-6-11/h2-7,14,16H,8-9H2,1H3/t14-/m0/s1. The van der Waals surface area contributed by atoms with Crippen LogP contribution in [0.4, 0.5) is 0 Å². The SMILES string of the molecule is Cc1c(CO)cc2n1[C@H](c1ccccc1)SC2. The minimum atomic E-state index is 0.137. The van der Waals surface area contributed by atoms with Crippen LogP contribution in [-0.4, -0.2) is 9.67 Å². The molecule has 1 N–H and O–H groups in total. The van der Waals surface area contributed by atoms with Gasteiger partial charge in [-0.2, -0.15) is 0 Å². The largest absolute Gasteiger partial charge is 0.392 e. The summed E-state index contributed by atoms with van der Waals surface area (Å²) >= 11 is 1.95. The fourth-order valence-corrected chi connectivity index (χ4v) is 3.79. The third-order valence-corrected chi connectivity index (χ3v) is 4.62. The van der Waals surface area contributed by atoms with Crippen molar-refractivity contribution in [2.75, 3.05) is 0 Å². The molecule has 1 aromatic carbocycles. The summed E-state index contributed by atoms with van der Waals surface area (Å²) < 4.78 is 2.35. The van der Waals surface area contributed by atoms with E-state index in [0.717, 1.165) is 11.3 Å². The van der Waals surface area contributed by atoms with E-state index in [1.54, 1.807) is 0 Å². The van der Waals surface area contributed by atoms with Gasteiger partial charge in [0.2, 0.25) is 0 Å². The second-order valence-electron chi connectivity index (χ2n) is 4.35. The molecular formula is C14H15NOS. The fourth-order valence-electron chi connectivity index (χ4n) is 2.44. The van der Waals surface area contributed by atoms with Crippen molar-refractivity contribution < 1.29 is 5.11 Å². The van der Waals surface area contributed by atoms with Crippen molar-refractivity contribution in [1.29, 1.82) is 0 Å². The van der Waals surface area contributed by atoms with Crippen LogP contribution in [0.3, 0.4) is 0 Å². The average Bonchev–Trinajstić information content (AvgIpc) is 2.91. The highest BCUT2D eigenvalue weighted by atomic mass is 32.2. The van der Waals surface area contributed by atoms with Gasteiger partial charge >= 0.3 is 0 Å². The van der Waals surface area contributed by atoms with E-state index >= 15 is 0 Å². The highest BCUT2D eigenvalue weighted by Crippen LogP contribution is 2.42. The summed E-state index contributed by atoms with van der Waals surface area (Å²) in [5.41, 5.74) is 4.91. The number of aliphatic hydroxyl groups excluding tert-OH is 1. The van der Waals surface area contributed by atoms with Crippen LogP contribution in [0.5, 0.6) is 0 Å². The number of hydrogen-bond acceptors (Lipinski definition) is 2. The van der Waals surface area contributed by atoms with Crippen LogP contribution in [0.25, 0.3) is 0 Å². The summed E-state index contributed by atoms with van der Waals surface area (Å²) in [5, 5.41) is 9.68. The molecule has 2 nitrogen and oxygen atoms in total. The molecule has 1 aromatic heterocycles. The minimum Gasteiger partial charge on any atom is -0.392 e. The van der Waals surface area contributed by atoms with Crippen LogP contribution in [0.15, 0.2) is 36.4 Å². The van der Waals surface area contributed by atoms with Crippen molar-refractivity contribution in [3.63, 3.8) is 0 Å². The van der Waals surface area contributed by atoms with Gasteiger partial charge in [0, 0.05) is 17.1 Å². The van der Waals surface area contributed by atoms with Gasteiger partial charge in [0.1, 0.15) is 5.37 Å². The van der Waals surface area contributed by atoms with Crippen LogP contribution >= 0.6 is 11.8 Å². The molecule has 3 rings (SSSR count). The van der Waals surface area contributed by atoms with E-state index in [9.17, 15) is 5.11 Å². The maximum absolute atomic E-state index is 9.31. The number of rotatable bonds is 2. The Kier molecular flexibility index (Phi) is 2.73. The number of aromatic nitrogens is 1. The summed E-state index contributed by atoms with van der Waals surface area (Å²) in [5.74, 6) is 1.03. The predicted octanol–water partition coefficient (Wildman–Crippen LogP) is 3.08. The van der Waals surface area contributed by atoms with Crippen LogP contribution < -0.4 is 0 Å². The van der Waals surface area contributed by atoms with E-state index in [-0.39, 0.29) is 6.61 Å². The third kappa shape index (κ3) is 1.70. The Balaban J connectivity index is 2.06. The molecular weight excluding hydrogens is 230 g/mol. The van der Waals surface area contributed by atoms with Crippen LogP contribution in [0, 0.1) is 6.92 Å². The Hall–Kier alpha value is -1.19. The summed E-state index contributed by atoms with van der Waals surface area (Å²) in [6, 6.07) is 12.7. The molecule has 0 unspecified atom stereocenters. The van der Waals surface area contributed by atoms with Crippen molar-refractivity contribution in [3.05, 3.63) is 58.9 Å². The molecule has 0 radical (unpaired) electrons. The molecule has 2 heterocycles. The maximum Gasteiger partial charge on any atom is 0.105 e. The van der Waals surface area contributed by atoms with Crippen molar-refractivity contribution in [3.8, 4) is 0 Å². The Bertz CT molecular complexity index is 533. The molecule has 0 fully saturated rings. The Labute approximate surface area is 105 Å². The summed E-state index contributed by atoms with van der Waals surface area (Å²) in [6.45, 7) is 2.23. The highest BCUT2D eigenvalue weighted by molar-refractivity contribution is 7.99. The highest BCUT2D eigenvalue weighted by Gasteiger charge is 2.26. The van der Waals surface area contributed by atoms with Crippen LogP contribution in [0.1, 0.15) is 27.9 Å². The van der Waals surface area contributed by atoms with E-state index in [1.807, 2.05) is 17.8 Å². The van der Waals surface area contributed by atoms with Gasteiger partial charge in [0.25, 0.3) is 0 Å². The normalized spacial score (nSPS) is 18.4. The number of nitrogens with zero attached hydrogens (tertiary/aromatic N) is 1. The molecule has 1 aliphatic heterocycles. The summed E-state index contributed by atoms with van der Waals surface area (Å²) in [7, 11) is 0. The zero-order valence-corrected chi connectivity index (χ0v) is 10.6. The van der Waals surface area contributed by atoms with Crippen molar-refractivity contribution >= 4 is 11.8 Å². The molecule has 1 atom stereocenters. The number of thioether (sulfide) groups is 1. The van der Waals surface area contributed by atoms with Gasteiger partial charge < -0.3 is 9.67 Å². The minimum absolute atomic E-state index is 0.137. The van der Waals surface area contributed by atoms with Gasteiger partial charge in [-0.1, -0.05) is 30.3 Å². The van der Waals surface area contributed by atoms with Gasteiger partial charge in [-0.05, 0) is 24.1 Å². The molecule has 0 bridgehead atoms. The lowest BCUT2D eigenvalue weighted by molar-refractivity contribution is 0.281. The Morgan fingerprint density at radius 2 is 2.12 bits per heavy atom. The van der Waals surface area contributed by atoms with Crippen LogP contribution in [-0.2, 0) is 12.4 Å². The Morgan fingerprint density at radius 3 is 2.82 bits per heavy atom. The van der Waals surface area contributed by atoms with Gasteiger partial charge in [-0.15, -0.1) is 11.8 Å². The fraction of sp³-hybridized carbons (Fsp3) is 0.286. The summed E-state index contributed by atoms with van der Waals surface area (Å²) in [4.78, 5) is 0. The second kappa shape index (κ2) is 4.24. The molecule has 1 aliphatic rings. The first kappa shape index (κ1) is 10.9. The first-order valence-electron chi connectivity index (χ1n) is 5.78. The third-order valence-electron chi connectivity index (χ3n) is 3.36. The lowest BCUT2D eigenvalue weighted by atomic mass is 10.2. The molecule has 88 valence electrons. The monoisotopic (exact) mass is 245 g/mol. The van der Waals surface area contributed by atoms with Gasteiger partial charge in [0.15, 0.2) is 0 Å². The lowest BCUT2D eigenvalue weighted by Crippen LogP contribution is -2.05. The molecule has 0 saturated heterocycles. The number of benzene rings is 1. The van der Waals surface area contributed by atoms with Crippen molar-refractivity contribution in [2.45, 2.75) is 24.7 Å². The molecule has 3 heteroatoms. The van der Waals surface area contributed by atoms with Gasteiger partial charge in [-0.25, -0.2) is 0 Å². The Morgan fingerprint density at radius 1 is 1.35 bits per heavy atom. The molecule has 2 aromatic rings. The predicted molar refractivity (Wildman–Crippen MR) is 71.0 cm³/mol. The van der Waals surface area contributed by atoms with Gasteiger partial charge in [0.05, 0.1) is 6.61 Å². The first-order valence-corrected chi connectivity index (χ1v) is 6.83. The maximum atomic E-state index is 9.31. The van der Waals surface area contributed by atoms with Crippen LogP contribution in [0.2, 0.25) is 0 Å². The van der Waals surface area contributed by atoms with E-state index in [2.05, 4.69) is 41.8 Å². The molecule has 0 amide bonds. The number of fused-ring (bicyclic) bond motifs is 1. The first-order chi connectivity index (χ1) is 8.31. The molecule has 17 heavy (non-hydrogen) atoms. The smallest absolute Gasteiger partial charge is 0.105 e. The zero-order chi connectivity index (χ0) is 11.8. The number of aliphatic hydroxyl groups is 1. The molecule has 0 saturated carbocycles. The zero-order valence-electron chi connectivity index (χ0n) is 9.76. The van der Waals surface area contributed by atoms with E-state index in [1.165, 1.54) is 17.0 Å².